The van der Waals surface area contributed by atoms with Gasteiger partial charge in [0.25, 0.3) is 0 Å². The number of benzene rings is 2. The summed E-state index contributed by atoms with van der Waals surface area (Å²) in [5, 5.41) is 8.63. The summed E-state index contributed by atoms with van der Waals surface area (Å²) in [4.78, 5) is 10.4. The van der Waals surface area contributed by atoms with Gasteiger partial charge in [0, 0.05) is 5.56 Å². The van der Waals surface area contributed by atoms with E-state index in [2.05, 4.69) is 0 Å². The molecule has 0 atom stereocenters. The van der Waals surface area contributed by atoms with Crippen LogP contribution in [0.25, 0.3) is 0 Å². The van der Waals surface area contributed by atoms with Gasteiger partial charge in [-0.3, -0.25) is 4.79 Å². The fourth-order valence-electron chi connectivity index (χ4n) is 1.03. The second kappa shape index (κ2) is 6.24. The SMILES string of the molecule is NC(=O)c1ccccc1.Oc1ccccc1. The van der Waals surface area contributed by atoms with E-state index in [1.807, 2.05) is 12.1 Å². The Morgan fingerprint density at radius 1 is 0.875 bits per heavy atom. The lowest BCUT2D eigenvalue weighted by Crippen LogP contribution is -2.09. The molecule has 2 aromatic carbocycles. The summed E-state index contributed by atoms with van der Waals surface area (Å²) in [6, 6.07) is 17.5. The highest BCUT2D eigenvalue weighted by molar-refractivity contribution is 5.92. The molecule has 1 amide bonds. The second-order valence-corrected chi connectivity index (χ2v) is 3.07. The van der Waals surface area contributed by atoms with E-state index in [1.165, 1.54) is 0 Å². The van der Waals surface area contributed by atoms with Gasteiger partial charge in [-0.15, -0.1) is 0 Å². The van der Waals surface area contributed by atoms with Crippen molar-refractivity contribution >= 4 is 5.91 Å². The Labute approximate surface area is 94.2 Å². The van der Waals surface area contributed by atoms with E-state index < -0.39 is 0 Å². The number of phenolic OH excluding ortho intramolecular Hbond substituents is 1. The number of aromatic hydroxyl groups is 1. The van der Waals surface area contributed by atoms with E-state index in [4.69, 9.17) is 10.8 Å². The van der Waals surface area contributed by atoms with Crippen LogP contribution in [0.5, 0.6) is 5.75 Å². The van der Waals surface area contributed by atoms with Gasteiger partial charge in [-0.25, -0.2) is 0 Å². The molecule has 3 heteroatoms. The highest BCUT2D eigenvalue weighted by Crippen LogP contribution is 2.02. The number of amides is 1. The molecule has 3 nitrogen and oxygen atoms in total. The molecule has 0 saturated carbocycles. The lowest BCUT2D eigenvalue weighted by atomic mass is 10.2. The Morgan fingerprint density at radius 3 is 1.56 bits per heavy atom. The Balaban J connectivity index is 0.000000165. The molecule has 2 aromatic rings. The summed E-state index contributed by atoms with van der Waals surface area (Å²) in [6.07, 6.45) is 0. The minimum atomic E-state index is -0.379. The smallest absolute Gasteiger partial charge is 0.248 e. The Kier molecular flexibility index (Phi) is 4.60. The van der Waals surface area contributed by atoms with Crippen molar-refractivity contribution in [3.63, 3.8) is 0 Å². The van der Waals surface area contributed by atoms with Crippen molar-refractivity contribution < 1.29 is 9.90 Å². The first-order valence-electron chi connectivity index (χ1n) is 4.79. The number of rotatable bonds is 1. The number of primary amides is 1. The number of hydrogen-bond donors (Lipinski definition) is 2. The largest absolute Gasteiger partial charge is 0.508 e. The average molecular weight is 215 g/mol. The van der Waals surface area contributed by atoms with E-state index in [9.17, 15) is 4.79 Å². The molecular weight excluding hydrogens is 202 g/mol. The van der Waals surface area contributed by atoms with Gasteiger partial charge in [-0.2, -0.15) is 0 Å². The molecule has 0 unspecified atom stereocenters. The normalized spacial score (nSPS) is 8.75. The summed E-state index contributed by atoms with van der Waals surface area (Å²) < 4.78 is 0. The van der Waals surface area contributed by atoms with Crippen LogP contribution in [0.2, 0.25) is 0 Å². The van der Waals surface area contributed by atoms with Crippen LogP contribution < -0.4 is 5.73 Å². The van der Waals surface area contributed by atoms with Gasteiger partial charge in [-0.1, -0.05) is 36.4 Å². The topological polar surface area (TPSA) is 63.3 Å². The highest BCUT2D eigenvalue weighted by atomic mass is 16.3. The van der Waals surface area contributed by atoms with Crippen molar-refractivity contribution in [2.24, 2.45) is 5.73 Å². The number of nitrogens with two attached hydrogens (primary N) is 1. The molecule has 0 saturated heterocycles. The van der Waals surface area contributed by atoms with Gasteiger partial charge in [0.15, 0.2) is 0 Å². The predicted octanol–water partition coefficient (Wildman–Crippen LogP) is 2.18. The highest BCUT2D eigenvalue weighted by Gasteiger charge is 1.93. The van der Waals surface area contributed by atoms with Gasteiger partial charge in [0.2, 0.25) is 5.91 Å². The third kappa shape index (κ3) is 4.28. The number of para-hydroxylation sites is 1. The molecule has 2 rings (SSSR count). The van der Waals surface area contributed by atoms with Crippen molar-refractivity contribution in [3.05, 3.63) is 66.2 Å². The van der Waals surface area contributed by atoms with Gasteiger partial charge < -0.3 is 10.8 Å². The Morgan fingerprint density at radius 2 is 1.31 bits per heavy atom. The molecule has 82 valence electrons. The molecule has 0 aliphatic heterocycles. The van der Waals surface area contributed by atoms with Crippen LogP contribution in [0.1, 0.15) is 10.4 Å². The van der Waals surface area contributed by atoms with Crippen molar-refractivity contribution in [1.29, 1.82) is 0 Å². The van der Waals surface area contributed by atoms with Gasteiger partial charge in [0.1, 0.15) is 5.75 Å². The van der Waals surface area contributed by atoms with E-state index in [-0.39, 0.29) is 5.91 Å². The lowest BCUT2D eigenvalue weighted by molar-refractivity contribution is 0.100. The van der Waals surface area contributed by atoms with Gasteiger partial charge in [-0.05, 0) is 24.3 Å². The minimum absolute atomic E-state index is 0.322. The zero-order valence-corrected chi connectivity index (χ0v) is 8.71. The second-order valence-electron chi connectivity index (χ2n) is 3.07. The monoisotopic (exact) mass is 215 g/mol. The standard InChI is InChI=1S/C7H7NO.C6H6O/c8-7(9)6-4-2-1-3-5-6;7-6-4-2-1-3-5-6/h1-5H,(H2,8,9);1-5,7H. The van der Waals surface area contributed by atoms with Crippen LogP contribution in [-0.4, -0.2) is 11.0 Å². The van der Waals surface area contributed by atoms with Crippen molar-refractivity contribution in [2.75, 3.05) is 0 Å². The predicted molar refractivity (Wildman–Crippen MR) is 63.1 cm³/mol. The maximum Gasteiger partial charge on any atom is 0.248 e. The van der Waals surface area contributed by atoms with Crippen LogP contribution in [-0.2, 0) is 0 Å². The molecule has 0 fully saturated rings. The third-order valence-corrected chi connectivity index (χ3v) is 1.81. The number of carbonyl (C=O) groups is 1. The maximum absolute atomic E-state index is 10.4. The molecule has 0 radical (unpaired) electrons. The Bertz CT molecular complexity index is 426. The minimum Gasteiger partial charge on any atom is -0.508 e. The number of hydrogen-bond acceptors (Lipinski definition) is 2. The van der Waals surface area contributed by atoms with Crippen LogP contribution in [0.4, 0.5) is 0 Å². The van der Waals surface area contributed by atoms with E-state index >= 15 is 0 Å². The van der Waals surface area contributed by atoms with Crippen molar-refractivity contribution in [1.82, 2.24) is 0 Å². The van der Waals surface area contributed by atoms with Gasteiger partial charge in [0.05, 0.1) is 0 Å². The van der Waals surface area contributed by atoms with E-state index in [1.54, 1.807) is 48.5 Å². The first-order valence-corrected chi connectivity index (χ1v) is 4.79. The fraction of sp³-hybridized carbons (Fsp3) is 0. The maximum atomic E-state index is 10.4. The molecule has 0 heterocycles. The molecule has 0 aromatic heterocycles. The average Bonchev–Trinajstić information content (AvgIpc) is 2.32. The van der Waals surface area contributed by atoms with Gasteiger partial charge >= 0.3 is 0 Å². The summed E-state index contributed by atoms with van der Waals surface area (Å²) >= 11 is 0. The summed E-state index contributed by atoms with van der Waals surface area (Å²) in [7, 11) is 0. The number of carbonyl (C=O) groups excluding carboxylic acids is 1. The summed E-state index contributed by atoms with van der Waals surface area (Å²) in [5.41, 5.74) is 5.53. The summed E-state index contributed by atoms with van der Waals surface area (Å²) in [6.45, 7) is 0. The third-order valence-electron chi connectivity index (χ3n) is 1.81. The zero-order valence-electron chi connectivity index (χ0n) is 8.71. The van der Waals surface area contributed by atoms with Crippen molar-refractivity contribution in [2.45, 2.75) is 0 Å². The number of phenols is 1. The van der Waals surface area contributed by atoms with Crippen LogP contribution >= 0.6 is 0 Å². The Hall–Kier alpha value is -2.29. The van der Waals surface area contributed by atoms with Crippen molar-refractivity contribution in [3.8, 4) is 5.75 Å². The molecule has 0 bridgehead atoms. The first kappa shape index (κ1) is 11.8. The molecule has 0 aliphatic rings. The van der Waals surface area contributed by atoms with Crippen LogP contribution in [0.15, 0.2) is 60.7 Å². The molecule has 0 spiro atoms. The van der Waals surface area contributed by atoms with Crippen LogP contribution in [0, 0.1) is 0 Å². The zero-order chi connectivity index (χ0) is 11.8. The first-order chi connectivity index (χ1) is 7.70. The molecular formula is C13H13NO2. The van der Waals surface area contributed by atoms with E-state index in [0.717, 1.165) is 0 Å². The molecule has 16 heavy (non-hydrogen) atoms. The lowest BCUT2D eigenvalue weighted by Gasteiger charge is -1.89. The fourth-order valence-corrected chi connectivity index (χ4v) is 1.03. The quantitative estimate of drug-likeness (QED) is 0.765. The summed E-state index contributed by atoms with van der Waals surface area (Å²) in [5.74, 6) is -0.0573. The molecule has 3 N–H and O–H groups in total. The van der Waals surface area contributed by atoms with E-state index in [0.29, 0.717) is 11.3 Å². The molecule has 0 aliphatic carbocycles. The van der Waals surface area contributed by atoms with Crippen LogP contribution in [0.3, 0.4) is 0 Å².